The van der Waals surface area contributed by atoms with Crippen LogP contribution in [0.1, 0.15) is 31.5 Å². The number of aryl methyl sites for hydroxylation is 1. The topological polar surface area (TPSA) is 96.6 Å². The number of nitrogens with zero attached hydrogens (tertiary/aromatic N) is 4. The van der Waals surface area contributed by atoms with Gasteiger partial charge < -0.3 is 9.42 Å². The first-order valence-corrected chi connectivity index (χ1v) is 10.5. The van der Waals surface area contributed by atoms with E-state index < -0.39 is 15.8 Å². The first-order chi connectivity index (χ1) is 13.3. The first kappa shape index (κ1) is 20.4. The van der Waals surface area contributed by atoms with Gasteiger partial charge in [0.1, 0.15) is 5.82 Å². The Hall–Kier alpha value is -2.33. The number of piperidine rings is 1. The van der Waals surface area contributed by atoms with E-state index in [4.69, 9.17) is 4.52 Å². The highest BCUT2D eigenvalue weighted by molar-refractivity contribution is 7.89. The molecule has 1 fully saturated rings. The predicted octanol–water partition coefficient (Wildman–Crippen LogP) is 1.76. The molecule has 3 rings (SSSR count). The summed E-state index contributed by atoms with van der Waals surface area (Å²) < 4.78 is 45.5. The molecule has 0 radical (unpaired) electrons. The summed E-state index contributed by atoms with van der Waals surface area (Å²) >= 11 is 0. The third-order valence-corrected chi connectivity index (χ3v) is 6.65. The summed E-state index contributed by atoms with van der Waals surface area (Å²) in [6, 6.07) is 4.71. The number of amides is 1. The standard InChI is InChI=1S/C18H23FN4O4S/c1-13-20-18(21-27-13)8-10-23(14(2)24)16-6-4-9-22(12-16)28(25,26)17-7-3-5-15(19)11-17/h3,5,7,11,16H,4,6,8-10,12H2,1-2H3. The number of hydrogen-bond donors (Lipinski definition) is 0. The Morgan fingerprint density at radius 2 is 2.21 bits per heavy atom. The largest absolute Gasteiger partial charge is 0.340 e. The van der Waals surface area contributed by atoms with Gasteiger partial charge in [-0.15, -0.1) is 0 Å². The molecule has 1 amide bonds. The first-order valence-electron chi connectivity index (χ1n) is 9.09. The molecule has 28 heavy (non-hydrogen) atoms. The highest BCUT2D eigenvalue weighted by Gasteiger charge is 2.33. The van der Waals surface area contributed by atoms with Gasteiger partial charge in [0, 0.05) is 45.9 Å². The molecule has 0 aliphatic carbocycles. The number of sulfonamides is 1. The van der Waals surface area contributed by atoms with Crippen molar-refractivity contribution in [1.29, 1.82) is 0 Å². The van der Waals surface area contributed by atoms with E-state index in [0.29, 0.717) is 44.1 Å². The van der Waals surface area contributed by atoms with E-state index in [0.717, 1.165) is 6.07 Å². The zero-order valence-electron chi connectivity index (χ0n) is 15.8. The van der Waals surface area contributed by atoms with Crippen LogP contribution < -0.4 is 0 Å². The molecule has 1 atom stereocenters. The van der Waals surface area contributed by atoms with Crippen LogP contribution in [0, 0.1) is 12.7 Å². The van der Waals surface area contributed by atoms with Gasteiger partial charge in [0.05, 0.1) is 4.90 Å². The summed E-state index contributed by atoms with van der Waals surface area (Å²) in [6.07, 6.45) is 1.73. The second-order valence-electron chi connectivity index (χ2n) is 6.81. The Morgan fingerprint density at radius 1 is 1.43 bits per heavy atom. The Kier molecular flexibility index (Phi) is 6.09. The summed E-state index contributed by atoms with van der Waals surface area (Å²) in [5.41, 5.74) is 0. The predicted molar refractivity (Wildman–Crippen MR) is 98.3 cm³/mol. The smallest absolute Gasteiger partial charge is 0.243 e. The van der Waals surface area contributed by atoms with Gasteiger partial charge in [0.15, 0.2) is 5.82 Å². The van der Waals surface area contributed by atoms with Gasteiger partial charge in [-0.3, -0.25) is 4.79 Å². The third-order valence-electron chi connectivity index (χ3n) is 4.78. The van der Waals surface area contributed by atoms with Gasteiger partial charge in [-0.05, 0) is 31.0 Å². The van der Waals surface area contributed by atoms with Crippen LogP contribution >= 0.6 is 0 Å². The van der Waals surface area contributed by atoms with E-state index in [1.807, 2.05) is 0 Å². The highest BCUT2D eigenvalue weighted by atomic mass is 32.2. The third kappa shape index (κ3) is 4.56. The number of rotatable bonds is 6. The van der Waals surface area contributed by atoms with Gasteiger partial charge in [0.2, 0.25) is 21.8 Å². The monoisotopic (exact) mass is 410 g/mol. The van der Waals surface area contributed by atoms with Crippen LogP contribution in [0.15, 0.2) is 33.7 Å². The van der Waals surface area contributed by atoms with Crippen LogP contribution in [0.2, 0.25) is 0 Å². The van der Waals surface area contributed by atoms with Gasteiger partial charge in [-0.2, -0.15) is 9.29 Å². The Labute approximate surface area is 163 Å². The van der Waals surface area contributed by atoms with Crippen LogP contribution in [0.5, 0.6) is 0 Å². The van der Waals surface area contributed by atoms with E-state index in [1.165, 1.54) is 29.4 Å². The molecule has 10 heteroatoms. The number of halogens is 1. The van der Waals surface area contributed by atoms with E-state index in [-0.39, 0.29) is 23.4 Å². The SMILES string of the molecule is CC(=O)N(CCc1noc(C)n1)C1CCCN(S(=O)(=O)c2cccc(F)c2)C1. The molecule has 152 valence electrons. The molecular weight excluding hydrogens is 387 g/mol. The second-order valence-corrected chi connectivity index (χ2v) is 8.75. The number of aromatic nitrogens is 2. The van der Waals surface area contributed by atoms with Gasteiger partial charge >= 0.3 is 0 Å². The lowest BCUT2D eigenvalue weighted by atomic mass is 10.1. The van der Waals surface area contributed by atoms with E-state index >= 15 is 0 Å². The second kappa shape index (κ2) is 8.36. The number of benzene rings is 1. The molecule has 1 aliphatic heterocycles. The molecule has 0 saturated carbocycles. The minimum Gasteiger partial charge on any atom is -0.340 e. The maximum atomic E-state index is 13.5. The van der Waals surface area contributed by atoms with Crippen molar-refractivity contribution in [3.63, 3.8) is 0 Å². The van der Waals surface area contributed by atoms with Crippen LogP contribution in [-0.4, -0.2) is 59.3 Å². The molecule has 0 N–H and O–H groups in total. The maximum absolute atomic E-state index is 13.5. The molecule has 8 nitrogen and oxygen atoms in total. The van der Waals surface area contributed by atoms with Gasteiger partial charge in [0.25, 0.3) is 0 Å². The van der Waals surface area contributed by atoms with Gasteiger partial charge in [-0.1, -0.05) is 11.2 Å². The van der Waals surface area contributed by atoms with Crippen LogP contribution in [0.3, 0.4) is 0 Å². The quantitative estimate of drug-likeness (QED) is 0.720. The van der Waals surface area contributed by atoms with Crippen molar-refractivity contribution in [2.24, 2.45) is 0 Å². The molecule has 1 aromatic heterocycles. The average molecular weight is 410 g/mol. The molecule has 1 unspecified atom stereocenters. The zero-order valence-corrected chi connectivity index (χ0v) is 16.7. The Bertz CT molecular complexity index is 947. The molecule has 2 aromatic rings. The average Bonchev–Trinajstić information content (AvgIpc) is 3.07. The number of carbonyl (C=O) groups is 1. The Balaban J connectivity index is 1.73. The van der Waals surface area contributed by atoms with Crippen LogP contribution in [0.4, 0.5) is 4.39 Å². The molecule has 0 spiro atoms. The molecule has 2 heterocycles. The lowest BCUT2D eigenvalue weighted by Gasteiger charge is -2.38. The molecule has 0 bridgehead atoms. The number of hydrogen-bond acceptors (Lipinski definition) is 6. The lowest BCUT2D eigenvalue weighted by molar-refractivity contribution is -0.131. The fraction of sp³-hybridized carbons (Fsp3) is 0.500. The minimum atomic E-state index is -3.82. The van der Waals surface area contributed by atoms with Crippen molar-refractivity contribution < 1.29 is 22.1 Å². The van der Waals surface area contributed by atoms with Gasteiger partial charge in [-0.25, -0.2) is 12.8 Å². The summed E-state index contributed by atoms with van der Waals surface area (Å²) in [4.78, 5) is 17.9. The zero-order chi connectivity index (χ0) is 20.3. The van der Waals surface area contributed by atoms with E-state index in [1.54, 1.807) is 11.8 Å². The molecular formula is C18H23FN4O4S. The summed E-state index contributed by atoms with van der Waals surface area (Å²) in [5.74, 6) is 0.212. The molecule has 1 aliphatic rings. The van der Waals surface area contributed by atoms with Crippen LogP contribution in [0.25, 0.3) is 0 Å². The Morgan fingerprint density at radius 3 is 2.86 bits per heavy atom. The fourth-order valence-corrected chi connectivity index (χ4v) is 4.98. The van der Waals surface area contributed by atoms with Crippen molar-refractivity contribution in [1.82, 2.24) is 19.3 Å². The van der Waals surface area contributed by atoms with Crippen LogP contribution in [-0.2, 0) is 21.2 Å². The van der Waals surface area contributed by atoms with Crippen molar-refractivity contribution in [3.8, 4) is 0 Å². The maximum Gasteiger partial charge on any atom is 0.243 e. The fourth-order valence-electron chi connectivity index (χ4n) is 3.43. The lowest BCUT2D eigenvalue weighted by Crippen LogP contribution is -2.51. The van der Waals surface area contributed by atoms with E-state index in [9.17, 15) is 17.6 Å². The molecule has 1 aromatic carbocycles. The summed E-state index contributed by atoms with van der Waals surface area (Å²) in [7, 11) is -3.82. The van der Waals surface area contributed by atoms with Crippen molar-refractivity contribution in [2.75, 3.05) is 19.6 Å². The molecule has 1 saturated heterocycles. The number of carbonyl (C=O) groups excluding carboxylic acids is 1. The summed E-state index contributed by atoms with van der Waals surface area (Å²) in [5, 5.41) is 3.83. The summed E-state index contributed by atoms with van der Waals surface area (Å²) in [6.45, 7) is 4.03. The van der Waals surface area contributed by atoms with E-state index in [2.05, 4.69) is 10.1 Å². The highest BCUT2D eigenvalue weighted by Crippen LogP contribution is 2.24. The van der Waals surface area contributed by atoms with Crippen molar-refractivity contribution in [2.45, 2.75) is 44.0 Å². The normalized spacial score (nSPS) is 18.2. The van der Waals surface area contributed by atoms with Crippen molar-refractivity contribution >= 4 is 15.9 Å². The van der Waals surface area contributed by atoms with Crippen molar-refractivity contribution in [3.05, 3.63) is 41.8 Å². The minimum absolute atomic E-state index is 0.0789.